The van der Waals surface area contributed by atoms with E-state index < -0.39 is 17.5 Å². The zero-order valence-corrected chi connectivity index (χ0v) is 21.2. The van der Waals surface area contributed by atoms with E-state index in [9.17, 15) is 14.4 Å². The summed E-state index contributed by atoms with van der Waals surface area (Å²) >= 11 is 0. The van der Waals surface area contributed by atoms with Crippen LogP contribution >= 0.6 is 0 Å². The molecule has 1 N–H and O–H groups in total. The van der Waals surface area contributed by atoms with Crippen molar-refractivity contribution < 1.29 is 19.1 Å². The Labute approximate surface area is 207 Å². The SMILES string of the molecule is CC(C)(C)C(NC(=O)c1ccc(N2CCN(C3CCC3)CC2)cc1)C(=O)N1CC[C@H]2OCC(=O)[C@H]21. The molecule has 8 heteroatoms. The number of hydrogen-bond acceptors (Lipinski definition) is 6. The number of likely N-dealkylation sites (tertiary alicyclic amines) is 1. The van der Waals surface area contributed by atoms with E-state index in [1.54, 1.807) is 4.90 Å². The van der Waals surface area contributed by atoms with Gasteiger partial charge in [0.1, 0.15) is 18.7 Å². The molecule has 2 amide bonds. The molecule has 1 unspecified atom stereocenters. The maximum Gasteiger partial charge on any atom is 0.251 e. The maximum absolute atomic E-state index is 13.5. The fraction of sp³-hybridized carbons (Fsp3) is 0.667. The summed E-state index contributed by atoms with van der Waals surface area (Å²) in [5.41, 5.74) is 1.15. The number of nitrogens with one attached hydrogen (secondary N) is 1. The highest BCUT2D eigenvalue weighted by atomic mass is 16.5. The largest absolute Gasteiger partial charge is 0.369 e. The molecule has 4 aliphatic rings. The molecule has 1 aliphatic carbocycles. The number of Topliss-reactive ketones (excluding diaryl/α,β-unsaturated/α-hetero) is 1. The highest BCUT2D eigenvalue weighted by Crippen LogP contribution is 2.31. The number of piperazine rings is 1. The van der Waals surface area contributed by atoms with Gasteiger partial charge in [-0.3, -0.25) is 19.3 Å². The minimum Gasteiger partial charge on any atom is -0.369 e. The first kappa shape index (κ1) is 24.3. The number of rotatable bonds is 5. The van der Waals surface area contributed by atoms with Crippen molar-refractivity contribution in [1.82, 2.24) is 15.1 Å². The second-order valence-electron chi connectivity index (χ2n) is 11.5. The van der Waals surface area contributed by atoms with Crippen molar-refractivity contribution in [2.75, 3.05) is 44.2 Å². The molecule has 3 heterocycles. The molecule has 0 aromatic heterocycles. The summed E-state index contributed by atoms with van der Waals surface area (Å²) in [5, 5.41) is 2.97. The smallest absolute Gasteiger partial charge is 0.251 e. The molecule has 35 heavy (non-hydrogen) atoms. The Kier molecular flexibility index (Phi) is 6.61. The summed E-state index contributed by atoms with van der Waals surface area (Å²) in [5.74, 6) is -0.536. The molecule has 0 radical (unpaired) electrons. The van der Waals surface area contributed by atoms with Crippen LogP contribution in [0, 0.1) is 5.41 Å². The normalized spacial score (nSPS) is 26.4. The Morgan fingerprint density at radius 1 is 1.00 bits per heavy atom. The van der Waals surface area contributed by atoms with Crippen LogP contribution in [0.1, 0.15) is 56.8 Å². The summed E-state index contributed by atoms with van der Waals surface area (Å²) in [7, 11) is 0. The van der Waals surface area contributed by atoms with Crippen LogP contribution in [0.3, 0.4) is 0 Å². The Hall–Kier alpha value is -2.45. The van der Waals surface area contributed by atoms with Gasteiger partial charge in [0.25, 0.3) is 5.91 Å². The van der Waals surface area contributed by atoms with Crippen LogP contribution in [-0.2, 0) is 14.3 Å². The van der Waals surface area contributed by atoms with E-state index in [0.29, 0.717) is 18.5 Å². The van der Waals surface area contributed by atoms with E-state index in [1.807, 2.05) is 45.0 Å². The number of benzene rings is 1. The highest BCUT2D eigenvalue weighted by Gasteiger charge is 2.49. The maximum atomic E-state index is 13.5. The van der Waals surface area contributed by atoms with Crippen LogP contribution in [-0.4, -0.2) is 91.0 Å². The predicted molar refractivity (Wildman–Crippen MR) is 133 cm³/mol. The molecule has 4 fully saturated rings. The topological polar surface area (TPSA) is 82.2 Å². The number of carbonyl (C=O) groups excluding carboxylic acids is 3. The number of anilines is 1. The van der Waals surface area contributed by atoms with Crippen LogP contribution in [0.5, 0.6) is 0 Å². The molecule has 3 saturated heterocycles. The van der Waals surface area contributed by atoms with E-state index in [4.69, 9.17) is 4.74 Å². The molecule has 3 aliphatic heterocycles. The molecule has 0 bridgehead atoms. The van der Waals surface area contributed by atoms with Crippen molar-refractivity contribution in [3.8, 4) is 0 Å². The summed E-state index contributed by atoms with van der Waals surface area (Å²) in [4.78, 5) is 45.6. The molecular weight excluding hydrogens is 444 g/mol. The minimum atomic E-state index is -0.735. The van der Waals surface area contributed by atoms with Crippen molar-refractivity contribution in [3.63, 3.8) is 0 Å². The van der Waals surface area contributed by atoms with E-state index in [2.05, 4.69) is 15.1 Å². The lowest BCUT2D eigenvalue weighted by Gasteiger charge is -2.43. The van der Waals surface area contributed by atoms with Gasteiger partial charge < -0.3 is 19.9 Å². The van der Waals surface area contributed by atoms with E-state index in [0.717, 1.165) is 37.9 Å². The van der Waals surface area contributed by atoms with Gasteiger partial charge in [0, 0.05) is 50.0 Å². The summed E-state index contributed by atoms with van der Waals surface area (Å²) < 4.78 is 5.54. The van der Waals surface area contributed by atoms with Crippen molar-refractivity contribution in [1.29, 1.82) is 0 Å². The van der Waals surface area contributed by atoms with Crippen molar-refractivity contribution in [3.05, 3.63) is 29.8 Å². The molecule has 1 saturated carbocycles. The molecule has 1 aromatic rings. The second-order valence-corrected chi connectivity index (χ2v) is 11.5. The Morgan fingerprint density at radius 3 is 2.29 bits per heavy atom. The van der Waals surface area contributed by atoms with Gasteiger partial charge in [-0.15, -0.1) is 0 Å². The van der Waals surface area contributed by atoms with Crippen molar-refractivity contribution in [2.24, 2.45) is 5.41 Å². The van der Waals surface area contributed by atoms with Gasteiger partial charge >= 0.3 is 0 Å². The number of amides is 2. The van der Waals surface area contributed by atoms with Crippen LogP contribution in [0.4, 0.5) is 5.69 Å². The molecule has 0 spiro atoms. The fourth-order valence-electron chi connectivity index (χ4n) is 5.79. The lowest BCUT2D eigenvalue weighted by Crippen LogP contribution is -2.57. The third-order valence-electron chi connectivity index (χ3n) is 8.18. The quantitative estimate of drug-likeness (QED) is 0.692. The van der Waals surface area contributed by atoms with Gasteiger partial charge in [-0.2, -0.15) is 0 Å². The van der Waals surface area contributed by atoms with Crippen LogP contribution in [0.2, 0.25) is 0 Å². The zero-order valence-electron chi connectivity index (χ0n) is 21.2. The molecular formula is C27H38N4O4. The van der Waals surface area contributed by atoms with Gasteiger partial charge in [-0.1, -0.05) is 27.2 Å². The van der Waals surface area contributed by atoms with Gasteiger partial charge in [0.15, 0.2) is 5.78 Å². The first-order valence-electron chi connectivity index (χ1n) is 13.1. The van der Waals surface area contributed by atoms with Gasteiger partial charge in [-0.25, -0.2) is 0 Å². The fourth-order valence-corrected chi connectivity index (χ4v) is 5.79. The zero-order chi connectivity index (χ0) is 24.7. The molecule has 1 aromatic carbocycles. The summed E-state index contributed by atoms with van der Waals surface area (Å²) in [6.07, 6.45) is 4.48. The Bertz CT molecular complexity index is 960. The minimum absolute atomic E-state index is 0.0519. The lowest BCUT2D eigenvalue weighted by atomic mass is 9.85. The standard InChI is InChI=1S/C27H38N4O4/c1-27(2,3)24(26(34)31-12-11-22-23(31)21(32)17-35-22)28-25(33)18-7-9-20(10-8-18)30-15-13-29(14-16-30)19-5-4-6-19/h7-10,19,22-24H,4-6,11-17H2,1-3H3,(H,28,33)/t22-,23-,24?/m1/s1. The van der Waals surface area contributed by atoms with E-state index >= 15 is 0 Å². The average molecular weight is 483 g/mol. The Balaban J connectivity index is 1.22. The van der Waals surface area contributed by atoms with Crippen LogP contribution in [0.15, 0.2) is 24.3 Å². The van der Waals surface area contributed by atoms with Gasteiger partial charge in [0.05, 0.1) is 6.10 Å². The summed E-state index contributed by atoms with van der Waals surface area (Å²) in [6, 6.07) is 7.21. The van der Waals surface area contributed by atoms with Crippen LogP contribution in [0.25, 0.3) is 0 Å². The van der Waals surface area contributed by atoms with Crippen molar-refractivity contribution in [2.45, 2.75) is 70.7 Å². The molecule has 5 rings (SSSR count). The van der Waals surface area contributed by atoms with Crippen LogP contribution < -0.4 is 10.2 Å². The number of ketones is 1. The number of ether oxygens (including phenoxy) is 1. The molecule has 190 valence electrons. The number of fused-ring (bicyclic) bond motifs is 1. The summed E-state index contributed by atoms with van der Waals surface area (Å²) in [6.45, 7) is 10.5. The first-order chi connectivity index (χ1) is 16.7. The van der Waals surface area contributed by atoms with Crippen molar-refractivity contribution >= 4 is 23.3 Å². The number of hydrogen-bond donors (Lipinski definition) is 1. The first-order valence-corrected chi connectivity index (χ1v) is 13.1. The van der Waals surface area contributed by atoms with Gasteiger partial charge in [0.2, 0.25) is 5.91 Å². The van der Waals surface area contributed by atoms with E-state index in [-0.39, 0.29) is 30.3 Å². The lowest BCUT2D eigenvalue weighted by molar-refractivity contribution is -0.140. The third kappa shape index (κ3) is 4.83. The monoisotopic (exact) mass is 482 g/mol. The second kappa shape index (κ2) is 9.54. The number of carbonyl (C=O) groups is 3. The molecule has 8 nitrogen and oxygen atoms in total. The van der Waals surface area contributed by atoms with Gasteiger partial charge in [-0.05, 0) is 48.9 Å². The number of nitrogens with zero attached hydrogens (tertiary/aromatic N) is 3. The average Bonchev–Trinajstić information content (AvgIpc) is 3.39. The molecule has 3 atom stereocenters. The highest BCUT2D eigenvalue weighted by molar-refractivity contribution is 5.99. The van der Waals surface area contributed by atoms with E-state index in [1.165, 1.54) is 19.3 Å². The Morgan fingerprint density at radius 2 is 1.69 bits per heavy atom. The third-order valence-corrected chi connectivity index (χ3v) is 8.18. The predicted octanol–water partition coefficient (Wildman–Crippen LogP) is 2.07.